The predicted molar refractivity (Wildman–Crippen MR) is 116 cm³/mol. The van der Waals surface area contributed by atoms with Gasteiger partial charge in [-0.1, -0.05) is 12.1 Å². The summed E-state index contributed by atoms with van der Waals surface area (Å²) in [5.74, 6) is -1.43. The number of carbonyl (C=O) groups is 1. The molecule has 1 aliphatic heterocycles. The molecule has 1 aliphatic rings. The Balaban J connectivity index is 1.54. The van der Waals surface area contributed by atoms with E-state index in [4.69, 9.17) is 0 Å². The minimum atomic E-state index is -3.59. The lowest BCUT2D eigenvalue weighted by molar-refractivity contribution is 0.102. The second-order valence-electron chi connectivity index (χ2n) is 7.59. The van der Waals surface area contributed by atoms with Crippen molar-refractivity contribution in [3.8, 4) is 0 Å². The summed E-state index contributed by atoms with van der Waals surface area (Å²) in [6.45, 7) is 1.03. The molecule has 0 radical (unpaired) electrons. The number of hydrogen-bond donors (Lipinski definition) is 1. The van der Waals surface area contributed by atoms with Crippen LogP contribution in [0.5, 0.6) is 0 Å². The lowest BCUT2D eigenvalue weighted by Crippen LogP contribution is -2.27. The van der Waals surface area contributed by atoms with Gasteiger partial charge in [0.25, 0.3) is 11.9 Å². The first-order valence-electron chi connectivity index (χ1n) is 10.0. The highest BCUT2D eigenvalue weighted by Gasteiger charge is 2.28. The van der Waals surface area contributed by atoms with Crippen molar-refractivity contribution in [3.05, 3.63) is 53.8 Å². The third kappa shape index (κ3) is 3.30. The van der Waals surface area contributed by atoms with Gasteiger partial charge in [-0.25, -0.2) is 12.8 Å². The van der Waals surface area contributed by atoms with E-state index in [1.54, 1.807) is 35.9 Å². The van der Waals surface area contributed by atoms with Gasteiger partial charge < -0.3 is 4.57 Å². The first-order chi connectivity index (χ1) is 15.4. The van der Waals surface area contributed by atoms with Gasteiger partial charge in [-0.2, -0.15) is 9.29 Å². The number of rotatable bonds is 4. The molecular formula is C21H19FN6O3S. The summed E-state index contributed by atoms with van der Waals surface area (Å²) in [5.41, 5.74) is 1.41. The van der Waals surface area contributed by atoms with E-state index in [0.717, 1.165) is 18.4 Å². The Bertz CT molecular complexity index is 1480. The zero-order chi connectivity index (χ0) is 22.5. The molecule has 2 aromatic heterocycles. The first-order valence-corrected chi connectivity index (χ1v) is 11.5. The molecule has 0 bridgehead atoms. The average molecular weight is 454 g/mol. The molecular weight excluding hydrogens is 435 g/mol. The van der Waals surface area contributed by atoms with Gasteiger partial charge in [0.2, 0.25) is 10.0 Å². The molecule has 0 unspecified atom stereocenters. The summed E-state index contributed by atoms with van der Waals surface area (Å²) in [5, 5.41) is 11.2. The molecule has 4 aromatic rings. The number of aryl methyl sites for hydroxylation is 1. The molecule has 1 N–H and O–H groups in total. The van der Waals surface area contributed by atoms with Crippen LogP contribution in [0.25, 0.3) is 22.1 Å². The van der Waals surface area contributed by atoms with E-state index in [0.29, 0.717) is 29.6 Å². The Kier molecular flexibility index (Phi) is 4.86. The summed E-state index contributed by atoms with van der Waals surface area (Å²) in [6, 6.07) is 10.5. The summed E-state index contributed by atoms with van der Waals surface area (Å²) >= 11 is 0. The van der Waals surface area contributed by atoms with E-state index in [-0.39, 0.29) is 16.4 Å². The van der Waals surface area contributed by atoms with Gasteiger partial charge in [0.05, 0.1) is 16.0 Å². The van der Waals surface area contributed by atoms with E-state index in [1.165, 1.54) is 22.5 Å². The van der Waals surface area contributed by atoms with Gasteiger partial charge in [0.15, 0.2) is 5.65 Å². The maximum Gasteiger partial charge on any atom is 0.261 e. The Morgan fingerprint density at radius 3 is 2.59 bits per heavy atom. The molecule has 3 heterocycles. The molecule has 1 fully saturated rings. The number of hydrogen-bond acceptors (Lipinski definition) is 6. The quantitative estimate of drug-likeness (QED) is 0.508. The molecule has 0 spiro atoms. The van der Waals surface area contributed by atoms with E-state index in [1.807, 2.05) is 0 Å². The van der Waals surface area contributed by atoms with Crippen molar-refractivity contribution in [2.75, 3.05) is 18.4 Å². The van der Waals surface area contributed by atoms with E-state index < -0.39 is 21.7 Å². The van der Waals surface area contributed by atoms with E-state index in [2.05, 4.69) is 20.5 Å². The second kappa shape index (κ2) is 7.61. The Morgan fingerprint density at radius 2 is 1.84 bits per heavy atom. The largest absolute Gasteiger partial charge is 0.327 e. The van der Waals surface area contributed by atoms with Crippen LogP contribution in [0.15, 0.2) is 47.4 Å². The van der Waals surface area contributed by atoms with Crippen LogP contribution in [0.3, 0.4) is 0 Å². The number of fused-ring (bicyclic) bond motifs is 3. The van der Waals surface area contributed by atoms with Crippen molar-refractivity contribution in [3.63, 3.8) is 0 Å². The van der Waals surface area contributed by atoms with Crippen molar-refractivity contribution in [1.82, 2.24) is 24.1 Å². The third-order valence-electron chi connectivity index (χ3n) is 5.62. The summed E-state index contributed by atoms with van der Waals surface area (Å²) in [4.78, 5) is 16.9. The van der Waals surface area contributed by atoms with Crippen molar-refractivity contribution in [2.45, 2.75) is 17.7 Å². The minimum Gasteiger partial charge on any atom is -0.327 e. The molecule has 0 aliphatic carbocycles. The molecule has 164 valence electrons. The Labute approximate surface area is 182 Å². The zero-order valence-electron chi connectivity index (χ0n) is 17.1. The third-order valence-corrected chi connectivity index (χ3v) is 7.51. The van der Waals surface area contributed by atoms with Gasteiger partial charge in [-0.05, 0) is 43.2 Å². The number of anilines is 1. The van der Waals surface area contributed by atoms with Crippen LogP contribution in [0, 0.1) is 5.82 Å². The van der Waals surface area contributed by atoms with Gasteiger partial charge in [-0.3, -0.25) is 10.1 Å². The van der Waals surface area contributed by atoms with Gasteiger partial charge >= 0.3 is 0 Å². The van der Waals surface area contributed by atoms with Crippen LogP contribution >= 0.6 is 0 Å². The van der Waals surface area contributed by atoms with Gasteiger partial charge in [-0.15, -0.1) is 10.2 Å². The Morgan fingerprint density at radius 1 is 1.09 bits per heavy atom. The number of nitrogens with zero attached hydrogens (tertiary/aromatic N) is 5. The van der Waals surface area contributed by atoms with Gasteiger partial charge in [0.1, 0.15) is 11.3 Å². The maximum absolute atomic E-state index is 13.9. The highest BCUT2D eigenvalue weighted by atomic mass is 32.2. The summed E-state index contributed by atoms with van der Waals surface area (Å²) in [7, 11) is -1.83. The number of aromatic nitrogens is 4. The van der Waals surface area contributed by atoms with Crippen molar-refractivity contribution in [2.24, 2.45) is 7.05 Å². The van der Waals surface area contributed by atoms with Crippen molar-refractivity contribution in [1.29, 1.82) is 0 Å². The topological polar surface area (TPSA) is 110 Å². The molecule has 2 aromatic carbocycles. The van der Waals surface area contributed by atoms with E-state index in [9.17, 15) is 17.6 Å². The highest BCUT2D eigenvalue weighted by Crippen LogP contribution is 2.30. The number of amides is 1. The lowest BCUT2D eigenvalue weighted by atomic mass is 10.2. The van der Waals surface area contributed by atoms with Gasteiger partial charge in [0, 0.05) is 25.5 Å². The van der Waals surface area contributed by atoms with E-state index >= 15 is 0 Å². The van der Waals surface area contributed by atoms with Crippen LogP contribution in [0.2, 0.25) is 0 Å². The maximum atomic E-state index is 13.9. The lowest BCUT2D eigenvalue weighted by Gasteiger charge is -2.15. The molecule has 1 amide bonds. The normalized spacial score (nSPS) is 14.9. The first kappa shape index (κ1) is 20.5. The van der Waals surface area contributed by atoms with Crippen molar-refractivity contribution >= 4 is 43.9 Å². The number of carbonyl (C=O) groups excluding carboxylic acids is 1. The zero-order valence-corrected chi connectivity index (χ0v) is 17.9. The molecule has 5 rings (SSSR count). The van der Waals surface area contributed by atoms with Crippen LogP contribution < -0.4 is 5.32 Å². The fourth-order valence-electron chi connectivity index (χ4n) is 3.94. The molecule has 11 heteroatoms. The number of nitrogens with one attached hydrogen (secondary N) is 1. The monoisotopic (exact) mass is 454 g/mol. The standard InChI is InChI=1S/C21H19FN6O3S/c1-27-17-9-8-13(32(30,31)28-10-4-5-11-28)12-15(17)18-19(27)23-21(26-25-18)24-20(29)14-6-2-3-7-16(14)22/h2-3,6-9,12H,4-5,10-11H2,1H3,(H,23,24,26,29). The Hall–Kier alpha value is -3.44. The van der Waals surface area contributed by atoms with Crippen LogP contribution in [0.4, 0.5) is 10.3 Å². The molecule has 9 nitrogen and oxygen atoms in total. The molecule has 0 atom stereocenters. The SMILES string of the molecule is Cn1c2ccc(S(=O)(=O)N3CCCC3)cc2c2nnc(NC(=O)c3ccccc3F)nc21. The second-order valence-corrected chi connectivity index (χ2v) is 9.53. The molecule has 0 saturated carbocycles. The average Bonchev–Trinajstić information content (AvgIpc) is 3.42. The smallest absolute Gasteiger partial charge is 0.261 e. The summed E-state index contributed by atoms with van der Waals surface area (Å²) < 4.78 is 43.0. The number of sulfonamides is 1. The van der Waals surface area contributed by atoms with Crippen LogP contribution in [-0.4, -0.2) is 51.5 Å². The molecule has 1 saturated heterocycles. The van der Waals surface area contributed by atoms with Crippen LogP contribution in [0.1, 0.15) is 23.2 Å². The molecule has 32 heavy (non-hydrogen) atoms. The van der Waals surface area contributed by atoms with Crippen LogP contribution in [-0.2, 0) is 17.1 Å². The fourth-order valence-corrected chi connectivity index (χ4v) is 5.49. The number of benzene rings is 2. The summed E-state index contributed by atoms with van der Waals surface area (Å²) in [6.07, 6.45) is 1.71. The van der Waals surface area contributed by atoms with Crippen molar-refractivity contribution < 1.29 is 17.6 Å². The fraction of sp³-hybridized carbons (Fsp3) is 0.238. The predicted octanol–water partition coefficient (Wildman–Crippen LogP) is 2.69. The highest BCUT2D eigenvalue weighted by molar-refractivity contribution is 7.89. The number of halogens is 1. The minimum absolute atomic E-state index is 0.0819.